The van der Waals surface area contributed by atoms with Crippen molar-refractivity contribution >= 4 is 115 Å². The molecule has 454 valence electrons. The van der Waals surface area contributed by atoms with Gasteiger partial charge in [0.2, 0.25) is 0 Å². The molecule has 0 spiro atoms. The number of H-pyrrole nitrogens is 4. The number of para-hydroxylation sites is 2. The summed E-state index contributed by atoms with van der Waals surface area (Å²) >= 11 is 0. The summed E-state index contributed by atoms with van der Waals surface area (Å²) in [6.45, 7) is 0. The second kappa shape index (κ2) is 22.8. The highest BCUT2D eigenvalue weighted by Gasteiger charge is 2.26. The Kier molecular flexibility index (Phi) is 13.0. The standard InChI is InChI=1S/C88H56N8O/c1-7-21-53(22-8-1)79-63-37-41-67(89-63)81(55-25-11-3-12-26-55)71-45-49-75(93-71)85(76-50-46-72(94-76)82(56-27-13-4-14-28-56)68-42-38-64(79)90-68)61-35-19-33-59-60-34-20-36-62(88(60)97-87(59)61)86-77-51-47-73(95-77)83(57-29-15-5-16-30-57)69-43-39-65(91-69)80(54-23-9-2-10-24-54)66-40-44-70(92-66)84(58-31-17-6-18-32-58)74-48-52-78(86)96-74/h1-52,89,91,94,96H. The summed E-state index contributed by atoms with van der Waals surface area (Å²) in [5.41, 5.74) is 31.0. The highest BCUT2D eigenvalue weighted by atomic mass is 16.3. The zero-order valence-electron chi connectivity index (χ0n) is 52.2. The predicted octanol–water partition coefficient (Wildman–Crippen LogP) is 22.9. The first-order valence-electron chi connectivity index (χ1n) is 32.7. The Morgan fingerprint density at radius 1 is 0.186 bits per heavy atom. The maximum absolute atomic E-state index is 7.64. The van der Waals surface area contributed by atoms with Gasteiger partial charge in [-0.25, -0.2) is 19.9 Å². The lowest BCUT2D eigenvalue weighted by atomic mass is 9.98. The molecule has 8 aromatic carbocycles. The molecule has 0 saturated heterocycles. The number of benzene rings is 8. The van der Waals surface area contributed by atoms with Gasteiger partial charge in [-0.05, 0) is 131 Å². The van der Waals surface area contributed by atoms with Gasteiger partial charge in [0.15, 0.2) is 0 Å². The molecule has 16 bridgehead atoms. The van der Waals surface area contributed by atoms with Crippen LogP contribution in [-0.2, 0) is 0 Å². The van der Waals surface area contributed by atoms with Crippen LogP contribution in [0.5, 0.6) is 0 Å². The molecule has 4 aliphatic heterocycles. The van der Waals surface area contributed by atoms with E-state index < -0.39 is 0 Å². The van der Waals surface area contributed by atoms with Crippen LogP contribution in [0.15, 0.2) is 271 Å². The molecular weight excluding hydrogens is 1190 g/mol. The van der Waals surface area contributed by atoms with Crippen LogP contribution >= 0.6 is 0 Å². The minimum absolute atomic E-state index is 0.721. The second-order valence-electron chi connectivity index (χ2n) is 24.7. The first-order valence-corrected chi connectivity index (χ1v) is 32.7. The van der Waals surface area contributed by atoms with Gasteiger partial charge in [-0.15, -0.1) is 0 Å². The van der Waals surface area contributed by atoms with Crippen molar-refractivity contribution in [3.63, 3.8) is 0 Å². The molecule has 0 radical (unpaired) electrons. The molecule has 9 nitrogen and oxygen atoms in total. The quantitative estimate of drug-likeness (QED) is 0.120. The van der Waals surface area contributed by atoms with Crippen molar-refractivity contribution in [2.45, 2.75) is 0 Å². The summed E-state index contributed by atoms with van der Waals surface area (Å²) in [6.07, 6.45) is 17.2. The summed E-state index contributed by atoms with van der Waals surface area (Å²) in [4.78, 5) is 38.3. The average Bonchev–Trinajstić information content (AvgIpc) is 1.59. The lowest BCUT2D eigenvalue weighted by Gasteiger charge is -2.07. The van der Waals surface area contributed by atoms with Crippen LogP contribution < -0.4 is 0 Å². The minimum atomic E-state index is 0.721. The van der Waals surface area contributed by atoms with Gasteiger partial charge in [0, 0.05) is 111 Å². The second-order valence-corrected chi connectivity index (χ2v) is 24.7. The third kappa shape index (κ3) is 9.47. The molecule has 19 rings (SSSR count). The molecule has 0 fully saturated rings. The molecule has 97 heavy (non-hydrogen) atoms. The first kappa shape index (κ1) is 55.4. The van der Waals surface area contributed by atoms with Crippen molar-refractivity contribution in [1.29, 1.82) is 0 Å². The summed E-state index contributed by atoms with van der Waals surface area (Å²) in [7, 11) is 0. The van der Waals surface area contributed by atoms with Crippen LogP contribution in [0, 0.1) is 0 Å². The van der Waals surface area contributed by atoms with Gasteiger partial charge in [0.25, 0.3) is 0 Å². The number of nitrogens with zero attached hydrogens (tertiary/aromatic N) is 4. The third-order valence-corrected chi connectivity index (χ3v) is 18.9. The monoisotopic (exact) mass is 1240 g/mol. The van der Waals surface area contributed by atoms with Crippen molar-refractivity contribution in [2.75, 3.05) is 0 Å². The third-order valence-electron chi connectivity index (χ3n) is 18.9. The normalized spacial score (nSPS) is 12.4. The van der Waals surface area contributed by atoms with Crippen molar-refractivity contribution in [2.24, 2.45) is 0 Å². The number of aromatic nitrogens is 8. The van der Waals surface area contributed by atoms with Gasteiger partial charge in [-0.1, -0.05) is 218 Å². The zero-order chi connectivity index (χ0) is 63.9. The van der Waals surface area contributed by atoms with Gasteiger partial charge < -0.3 is 24.4 Å². The van der Waals surface area contributed by atoms with Crippen LogP contribution in [0.3, 0.4) is 0 Å². The minimum Gasteiger partial charge on any atom is -0.455 e. The molecule has 9 heteroatoms. The van der Waals surface area contributed by atoms with Gasteiger partial charge in [-0.2, -0.15) is 0 Å². The number of fused-ring (bicyclic) bond motifs is 19. The molecule has 11 heterocycles. The fourth-order valence-corrected chi connectivity index (χ4v) is 14.6. The zero-order valence-corrected chi connectivity index (χ0v) is 52.2. The molecule has 4 aliphatic rings. The van der Waals surface area contributed by atoms with E-state index in [9.17, 15) is 0 Å². The van der Waals surface area contributed by atoms with Crippen molar-refractivity contribution in [3.05, 3.63) is 312 Å². The number of hydrogen-bond donors (Lipinski definition) is 4. The van der Waals surface area contributed by atoms with E-state index >= 15 is 0 Å². The van der Waals surface area contributed by atoms with Gasteiger partial charge >= 0.3 is 0 Å². The van der Waals surface area contributed by atoms with E-state index in [1.807, 2.05) is 0 Å². The summed E-state index contributed by atoms with van der Waals surface area (Å²) in [6, 6.07) is 93.5. The predicted molar refractivity (Wildman–Crippen MR) is 402 cm³/mol. The Morgan fingerprint density at radius 3 is 0.598 bits per heavy atom. The maximum Gasteiger partial charge on any atom is 0.143 e. The molecule has 7 aromatic heterocycles. The number of nitrogens with one attached hydrogen (secondary N) is 4. The highest BCUT2D eigenvalue weighted by molar-refractivity contribution is 6.16. The molecule has 0 amide bonds. The number of furan rings is 1. The lowest BCUT2D eigenvalue weighted by Crippen LogP contribution is -1.90. The molecule has 0 unspecified atom stereocenters. The van der Waals surface area contributed by atoms with Crippen molar-refractivity contribution < 1.29 is 4.42 Å². The highest BCUT2D eigenvalue weighted by Crippen LogP contribution is 2.46. The molecule has 0 aliphatic carbocycles. The summed E-state index contributed by atoms with van der Waals surface area (Å²) in [5, 5.41) is 1.92. The molecule has 0 atom stereocenters. The lowest BCUT2D eigenvalue weighted by molar-refractivity contribution is 0.671. The summed E-state index contributed by atoms with van der Waals surface area (Å²) in [5.74, 6) is 0. The number of aromatic amines is 4. The first-order chi connectivity index (χ1) is 48.1. The Bertz CT molecular complexity index is 5750. The Balaban J connectivity index is 0.897. The van der Waals surface area contributed by atoms with E-state index in [-0.39, 0.29) is 0 Å². The van der Waals surface area contributed by atoms with E-state index in [2.05, 4.69) is 335 Å². The largest absolute Gasteiger partial charge is 0.455 e. The van der Waals surface area contributed by atoms with Crippen molar-refractivity contribution in [1.82, 2.24) is 39.9 Å². The van der Waals surface area contributed by atoms with E-state index in [4.69, 9.17) is 24.4 Å². The molecular formula is C88H56N8O. The fourth-order valence-electron chi connectivity index (χ4n) is 14.6. The van der Waals surface area contributed by atoms with E-state index in [0.717, 1.165) is 201 Å². The molecule has 4 N–H and O–H groups in total. The van der Waals surface area contributed by atoms with E-state index in [1.54, 1.807) is 0 Å². The van der Waals surface area contributed by atoms with Gasteiger partial charge in [0.05, 0.1) is 45.6 Å². The van der Waals surface area contributed by atoms with Crippen LogP contribution in [0.2, 0.25) is 0 Å². The van der Waals surface area contributed by atoms with E-state index in [0.29, 0.717) is 0 Å². The number of hydrogen-bond acceptors (Lipinski definition) is 5. The molecule has 15 aromatic rings. The smallest absolute Gasteiger partial charge is 0.143 e. The van der Waals surface area contributed by atoms with Crippen LogP contribution in [0.1, 0.15) is 45.6 Å². The maximum atomic E-state index is 7.64. The van der Waals surface area contributed by atoms with E-state index in [1.165, 1.54) is 0 Å². The Labute approximate surface area is 557 Å². The Hall–Kier alpha value is -13.2. The topological polar surface area (TPSA) is 128 Å². The van der Waals surface area contributed by atoms with Gasteiger partial charge in [0.1, 0.15) is 11.2 Å². The molecule has 0 saturated carbocycles. The average molecular weight is 1240 g/mol. The van der Waals surface area contributed by atoms with Crippen LogP contribution in [0.25, 0.3) is 204 Å². The SMILES string of the molecule is C1=Cc2nc1c(-c1ccccc1)c1ccc([nH]1)c(-c1ccccc1)c1nc(c(-c3cccc4c3oc3c(-c5c6nc(c(-c7ccccc7)c7ccc([nH]7)c(-c7ccccc7)c7nc(c(-c8ccccc8)c8ccc5[nH]8)C=C7)C=C6)cccc34)c3ccc([nH]3)c2-c2ccccc2)C=C1. The van der Waals surface area contributed by atoms with Crippen LogP contribution in [0.4, 0.5) is 0 Å². The Morgan fingerprint density at radius 2 is 0.381 bits per heavy atom. The fraction of sp³-hybridized carbons (Fsp3) is 0. The number of rotatable bonds is 8. The summed E-state index contributed by atoms with van der Waals surface area (Å²) < 4.78 is 7.64. The van der Waals surface area contributed by atoms with Crippen LogP contribution in [-0.4, -0.2) is 39.9 Å². The van der Waals surface area contributed by atoms with Crippen molar-refractivity contribution in [3.8, 4) is 89.0 Å². The van der Waals surface area contributed by atoms with Gasteiger partial charge in [-0.3, -0.25) is 0 Å².